The molecule has 1 aliphatic rings. The number of amides is 1. The molecule has 2 aromatic carbocycles. The highest BCUT2D eigenvalue weighted by Gasteiger charge is 2.21. The lowest BCUT2D eigenvalue weighted by atomic mass is 10.1. The van der Waals surface area contributed by atoms with E-state index in [0.29, 0.717) is 19.6 Å². The summed E-state index contributed by atoms with van der Waals surface area (Å²) in [6.07, 6.45) is 2.34. The summed E-state index contributed by atoms with van der Waals surface area (Å²) in [5.74, 6) is 0.867. The number of para-hydroxylation sites is 1. The fourth-order valence-corrected chi connectivity index (χ4v) is 3.39. The molecule has 1 atom stereocenters. The number of hydrogen-bond acceptors (Lipinski definition) is 4. The maximum atomic E-state index is 12.5. The van der Waals surface area contributed by atoms with E-state index in [2.05, 4.69) is 10.2 Å². The molecule has 0 spiro atoms. The van der Waals surface area contributed by atoms with Gasteiger partial charge in [-0.05, 0) is 24.5 Å². The number of methoxy groups -OCH3 is 1. The summed E-state index contributed by atoms with van der Waals surface area (Å²) >= 11 is 0. The molecular formula is C22H28N2O3. The first-order valence-electron chi connectivity index (χ1n) is 9.51. The van der Waals surface area contributed by atoms with Crippen LogP contribution in [0.3, 0.4) is 0 Å². The Labute approximate surface area is 161 Å². The Kier molecular flexibility index (Phi) is 7.25. The predicted octanol–water partition coefficient (Wildman–Crippen LogP) is 2.99. The normalized spacial score (nSPS) is 16.4. The monoisotopic (exact) mass is 368 g/mol. The van der Waals surface area contributed by atoms with Gasteiger partial charge in [0.05, 0.1) is 19.8 Å². The van der Waals surface area contributed by atoms with Crippen LogP contribution in [0.2, 0.25) is 0 Å². The van der Waals surface area contributed by atoms with Crippen molar-refractivity contribution in [2.75, 3.05) is 26.8 Å². The van der Waals surface area contributed by atoms with Crippen molar-refractivity contribution in [2.24, 2.45) is 0 Å². The third kappa shape index (κ3) is 6.08. The summed E-state index contributed by atoms with van der Waals surface area (Å²) in [5, 5.41) is 3.02. The summed E-state index contributed by atoms with van der Waals surface area (Å²) in [6.45, 7) is 3.10. The minimum atomic E-state index is 0.0201. The smallest absolute Gasteiger partial charge is 0.234 e. The first-order valence-corrected chi connectivity index (χ1v) is 9.51. The number of nitrogens with zero attached hydrogens (tertiary/aromatic N) is 1. The van der Waals surface area contributed by atoms with Gasteiger partial charge in [0, 0.05) is 31.8 Å². The van der Waals surface area contributed by atoms with Gasteiger partial charge in [0.1, 0.15) is 5.75 Å². The second-order valence-electron chi connectivity index (χ2n) is 6.88. The van der Waals surface area contributed by atoms with E-state index in [4.69, 9.17) is 9.47 Å². The van der Waals surface area contributed by atoms with E-state index >= 15 is 0 Å². The van der Waals surface area contributed by atoms with E-state index in [9.17, 15) is 4.79 Å². The zero-order valence-corrected chi connectivity index (χ0v) is 15.9. The highest BCUT2D eigenvalue weighted by atomic mass is 16.5. The quantitative estimate of drug-likeness (QED) is 0.739. The molecule has 1 saturated heterocycles. The van der Waals surface area contributed by atoms with Crippen LogP contribution in [0, 0.1) is 0 Å². The van der Waals surface area contributed by atoms with E-state index in [1.165, 1.54) is 0 Å². The van der Waals surface area contributed by atoms with Crippen LogP contribution in [0.5, 0.6) is 5.75 Å². The van der Waals surface area contributed by atoms with E-state index in [1.54, 1.807) is 7.11 Å². The molecule has 5 heteroatoms. The largest absolute Gasteiger partial charge is 0.496 e. The first-order chi connectivity index (χ1) is 13.2. The molecule has 2 aromatic rings. The van der Waals surface area contributed by atoms with Gasteiger partial charge in [0.15, 0.2) is 0 Å². The summed E-state index contributed by atoms with van der Waals surface area (Å²) in [7, 11) is 1.68. The van der Waals surface area contributed by atoms with Crippen LogP contribution in [0.15, 0.2) is 54.6 Å². The Morgan fingerprint density at radius 1 is 1.19 bits per heavy atom. The molecule has 144 valence electrons. The number of carbonyl (C=O) groups is 1. The van der Waals surface area contributed by atoms with Crippen LogP contribution in [0.25, 0.3) is 0 Å². The number of benzene rings is 2. The van der Waals surface area contributed by atoms with Crippen LogP contribution in [0.1, 0.15) is 24.0 Å². The van der Waals surface area contributed by atoms with Crippen molar-refractivity contribution in [3.63, 3.8) is 0 Å². The van der Waals surface area contributed by atoms with Crippen LogP contribution >= 0.6 is 0 Å². The summed E-state index contributed by atoms with van der Waals surface area (Å²) < 4.78 is 11.3. The molecule has 0 aromatic heterocycles. The number of nitrogens with one attached hydrogen (secondary N) is 1. The Morgan fingerprint density at radius 3 is 2.70 bits per heavy atom. The van der Waals surface area contributed by atoms with Gasteiger partial charge >= 0.3 is 0 Å². The van der Waals surface area contributed by atoms with E-state index in [1.807, 2.05) is 54.6 Å². The third-order valence-corrected chi connectivity index (χ3v) is 4.77. The van der Waals surface area contributed by atoms with Crippen molar-refractivity contribution in [1.82, 2.24) is 10.2 Å². The van der Waals surface area contributed by atoms with Crippen LogP contribution in [-0.2, 0) is 22.6 Å². The third-order valence-electron chi connectivity index (χ3n) is 4.77. The molecule has 1 aliphatic heterocycles. The maximum absolute atomic E-state index is 12.5. The molecule has 1 heterocycles. The second-order valence-corrected chi connectivity index (χ2v) is 6.88. The second kappa shape index (κ2) is 10.1. The van der Waals surface area contributed by atoms with Crippen molar-refractivity contribution in [1.29, 1.82) is 0 Å². The Bertz CT molecular complexity index is 715. The van der Waals surface area contributed by atoms with Crippen molar-refractivity contribution >= 4 is 5.91 Å². The van der Waals surface area contributed by atoms with Crippen molar-refractivity contribution in [3.05, 3.63) is 65.7 Å². The molecule has 1 unspecified atom stereocenters. The topological polar surface area (TPSA) is 50.8 Å². The lowest BCUT2D eigenvalue weighted by molar-refractivity contribution is -0.122. The number of ether oxygens (including phenoxy) is 2. The Hall–Kier alpha value is -2.37. The minimum Gasteiger partial charge on any atom is -0.496 e. The number of rotatable bonds is 9. The van der Waals surface area contributed by atoms with Gasteiger partial charge in [0.2, 0.25) is 5.91 Å². The Balaban J connectivity index is 1.61. The zero-order valence-electron chi connectivity index (χ0n) is 15.9. The standard InChI is InChI=1S/C22H28N2O3/c1-26-21-12-6-5-10-19(21)15-24(16-20-11-7-13-27-20)17-22(25)23-14-18-8-3-2-4-9-18/h2-6,8-10,12,20H,7,11,13-17H2,1H3,(H,23,25). The predicted molar refractivity (Wildman–Crippen MR) is 106 cm³/mol. The molecule has 0 saturated carbocycles. The summed E-state index contributed by atoms with van der Waals surface area (Å²) in [6, 6.07) is 17.9. The fourth-order valence-electron chi connectivity index (χ4n) is 3.39. The zero-order chi connectivity index (χ0) is 18.9. The van der Waals surface area contributed by atoms with Gasteiger partial charge in [-0.15, -0.1) is 0 Å². The SMILES string of the molecule is COc1ccccc1CN(CC(=O)NCc1ccccc1)CC1CCCO1. The van der Waals surface area contributed by atoms with Gasteiger partial charge in [-0.1, -0.05) is 48.5 Å². The number of hydrogen-bond donors (Lipinski definition) is 1. The molecule has 1 N–H and O–H groups in total. The summed E-state index contributed by atoms with van der Waals surface area (Å²) in [4.78, 5) is 14.7. The van der Waals surface area contributed by atoms with E-state index in [0.717, 1.165) is 42.9 Å². The maximum Gasteiger partial charge on any atom is 0.234 e. The highest BCUT2D eigenvalue weighted by Crippen LogP contribution is 2.21. The van der Waals surface area contributed by atoms with E-state index < -0.39 is 0 Å². The van der Waals surface area contributed by atoms with Gasteiger partial charge < -0.3 is 14.8 Å². The summed E-state index contributed by atoms with van der Waals surface area (Å²) in [5.41, 5.74) is 2.18. The van der Waals surface area contributed by atoms with Gasteiger partial charge in [0.25, 0.3) is 0 Å². The molecule has 1 amide bonds. The van der Waals surface area contributed by atoms with Crippen molar-refractivity contribution in [3.8, 4) is 5.75 Å². The molecule has 0 aliphatic carbocycles. The molecule has 3 rings (SSSR count). The molecular weight excluding hydrogens is 340 g/mol. The number of carbonyl (C=O) groups excluding carboxylic acids is 1. The highest BCUT2D eigenvalue weighted by molar-refractivity contribution is 5.78. The van der Waals surface area contributed by atoms with Crippen LogP contribution < -0.4 is 10.1 Å². The Morgan fingerprint density at radius 2 is 1.96 bits per heavy atom. The molecule has 0 radical (unpaired) electrons. The average Bonchev–Trinajstić information content (AvgIpc) is 3.20. The lowest BCUT2D eigenvalue weighted by Crippen LogP contribution is -2.40. The fraction of sp³-hybridized carbons (Fsp3) is 0.409. The first kappa shape index (κ1) is 19.4. The van der Waals surface area contributed by atoms with Crippen LogP contribution in [0.4, 0.5) is 0 Å². The van der Waals surface area contributed by atoms with Crippen molar-refractivity contribution < 1.29 is 14.3 Å². The van der Waals surface area contributed by atoms with Crippen molar-refractivity contribution in [2.45, 2.75) is 32.0 Å². The molecule has 1 fully saturated rings. The minimum absolute atomic E-state index is 0.0201. The van der Waals surface area contributed by atoms with E-state index in [-0.39, 0.29) is 12.0 Å². The van der Waals surface area contributed by atoms with Gasteiger partial charge in [-0.25, -0.2) is 0 Å². The molecule has 0 bridgehead atoms. The van der Waals surface area contributed by atoms with Gasteiger partial charge in [-0.3, -0.25) is 9.69 Å². The van der Waals surface area contributed by atoms with Crippen LogP contribution in [-0.4, -0.2) is 43.7 Å². The van der Waals surface area contributed by atoms with Gasteiger partial charge in [-0.2, -0.15) is 0 Å². The average molecular weight is 368 g/mol. The lowest BCUT2D eigenvalue weighted by Gasteiger charge is -2.25. The molecule has 27 heavy (non-hydrogen) atoms. The molecule has 5 nitrogen and oxygen atoms in total.